The highest BCUT2D eigenvalue weighted by atomic mass is 19.1. The van der Waals surface area contributed by atoms with Crippen molar-refractivity contribution in [1.82, 2.24) is 19.7 Å². The van der Waals surface area contributed by atoms with Crippen LogP contribution < -0.4 is 15.5 Å². The summed E-state index contributed by atoms with van der Waals surface area (Å²) in [5, 5.41) is 10.3. The van der Waals surface area contributed by atoms with Crippen molar-refractivity contribution < 1.29 is 13.6 Å². The lowest BCUT2D eigenvalue weighted by molar-refractivity contribution is -0.117. The molecule has 0 aliphatic carbocycles. The largest absolute Gasteiger partial charge is 0.350 e. The monoisotopic (exact) mass is 427 g/mol. The van der Waals surface area contributed by atoms with Crippen LogP contribution in [0.4, 0.5) is 26.2 Å². The van der Waals surface area contributed by atoms with Crippen LogP contribution in [0.25, 0.3) is 0 Å². The number of anilines is 3. The van der Waals surface area contributed by atoms with E-state index in [1.54, 1.807) is 10.9 Å². The van der Waals surface area contributed by atoms with Gasteiger partial charge in [-0.25, -0.2) is 13.8 Å². The molecule has 31 heavy (non-hydrogen) atoms. The molecular formula is C21H23F2N7O. The summed E-state index contributed by atoms with van der Waals surface area (Å²) in [6, 6.07) is 3.27. The van der Waals surface area contributed by atoms with Crippen molar-refractivity contribution >= 4 is 23.4 Å². The number of carbonyl (C=O) groups excluding carboxylic acids is 1. The number of likely N-dealkylation sites (N-methyl/N-ethyl adjacent to an activating group) is 1. The predicted molar refractivity (Wildman–Crippen MR) is 113 cm³/mol. The zero-order valence-corrected chi connectivity index (χ0v) is 17.5. The standard InChI is InChI=1S/C21H23F2N7O/c1-12-18-19(29(3)13(2)20(31)27-18)28-21(26-12)24-9-14-10-25-30(11-14)7-6-15-4-5-16(22)8-17(15)23/h4-5,8,10-11,13H,6-7,9H2,1-3H3,(H,27,31)(H,24,26,28)/t13-/m0/s1. The number of hydrogen-bond donors (Lipinski definition) is 2. The Hall–Kier alpha value is -3.56. The highest BCUT2D eigenvalue weighted by Crippen LogP contribution is 2.32. The number of nitrogens with zero attached hydrogens (tertiary/aromatic N) is 5. The number of halogens is 2. The summed E-state index contributed by atoms with van der Waals surface area (Å²) in [5.41, 5.74) is 2.65. The molecule has 1 aliphatic heterocycles. The molecule has 0 fully saturated rings. The molecule has 10 heteroatoms. The van der Waals surface area contributed by atoms with Crippen LogP contribution in [-0.2, 0) is 24.3 Å². The molecule has 0 saturated heterocycles. The maximum atomic E-state index is 13.8. The Balaban J connectivity index is 1.40. The van der Waals surface area contributed by atoms with Crippen molar-refractivity contribution in [1.29, 1.82) is 0 Å². The summed E-state index contributed by atoms with van der Waals surface area (Å²) in [7, 11) is 1.83. The summed E-state index contributed by atoms with van der Waals surface area (Å²) in [6.07, 6.45) is 3.98. The molecule has 2 N–H and O–H groups in total. The van der Waals surface area contributed by atoms with E-state index in [-0.39, 0.29) is 11.9 Å². The molecule has 0 spiro atoms. The Bertz CT molecular complexity index is 1130. The van der Waals surface area contributed by atoms with Crippen LogP contribution >= 0.6 is 0 Å². The quantitative estimate of drug-likeness (QED) is 0.629. The van der Waals surface area contributed by atoms with Gasteiger partial charge in [-0.15, -0.1) is 0 Å². The maximum absolute atomic E-state index is 13.8. The molecule has 2 aromatic heterocycles. The van der Waals surface area contributed by atoms with Gasteiger partial charge in [0.15, 0.2) is 5.82 Å². The molecule has 3 aromatic rings. The van der Waals surface area contributed by atoms with Gasteiger partial charge in [-0.1, -0.05) is 6.07 Å². The molecule has 3 heterocycles. The van der Waals surface area contributed by atoms with E-state index >= 15 is 0 Å². The predicted octanol–water partition coefficient (Wildman–Crippen LogP) is 2.89. The molecule has 1 aliphatic rings. The first-order chi connectivity index (χ1) is 14.8. The number of amides is 1. The summed E-state index contributed by atoms with van der Waals surface area (Å²) >= 11 is 0. The minimum absolute atomic E-state index is 0.0876. The average Bonchev–Trinajstić information content (AvgIpc) is 3.19. The average molecular weight is 427 g/mol. The Labute approximate surface area is 178 Å². The molecule has 1 atom stereocenters. The van der Waals surface area contributed by atoms with Gasteiger partial charge in [0.05, 0.1) is 11.9 Å². The normalized spacial score (nSPS) is 15.6. The second-order valence-electron chi connectivity index (χ2n) is 7.56. The lowest BCUT2D eigenvalue weighted by Gasteiger charge is -2.32. The number of carbonyl (C=O) groups is 1. The van der Waals surface area contributed by atoms with Crippen molar-refractivity contribution in [2.45, 2.75) is 39.4 Å². The van der Waals surface area contributed by atoms with Crippen molar-refractivity contribution in [3.05, 3.63) is 59.0 Å². The van der Waals surface area contributed by atoms with Crippen LogP contribution in [-0.4, -0.2) is 38.7 Å². The maximum Gasteiger partial charge on any atom is 0.246 e. The van der Waals surface area contributed by atoms with E-state index < -0.39 is 11.6 Å². The highest BCUT2D eigenvalue weighted by Gasteiger charge is 2.30. The van der Waals surface area contributed by atoms with Gasteiger partial charge in [-0.2, -0.15) is 10.1 Å². The Kier molecular flexibility index (Phi) is 5.53. The lowest BCUT2D eigenvalue weighted by Crippen LogP contribution is -2.44. The first-order valence-electron chi connectivity index (χ1n) is 9.93. The number of rotatable bonds is 6. The highest BCUT2D eigenvalue weighted by molar-refractivity contribution is 6.03. The Morgan fingerprint density at radius 1 is 1.26 bits per heavy atom. The van der Waals surface area contributed by atoms with Gasteiger partial charge >= 0.3 is 0 Å². The number of aromatic nitrogens is 4. The summed E-state index contributed by atoms with van der Waals surface area (Å²) in [5.74, 6) is -0.108. The van der Waals surface area contributed by atoms with E-state index in [9.17, 15) is 13.6 Å². The van der Waals surface area contributed by atoms with E-state index in [1.165, 1.54) is 12.1 Å². The van der Waals surface area contributed by atoms with Crippen LogP contribution in [0.5, 0.6) is 0 Å². The van der Waals surface area contributed by atoms with Gasteiger partial charge in [0.25, 0.3) is 0 Å². The second-order valence-corrected chi connectivity index (χ2v) is 7.56. The summed E-state index contributed by atoms with van der Waals surface area (Å²) in [6.45, 7) is 4.56. The fourth-order valence-electron chi connectivity index (χ4n) is 3.39. The number of fused-ring (bicyclic) bond motifs is 1. The van der Waals surface area contributed by atoms with Crippen molar-refractivity contribution in [3.63, 3.8) is 0 Å². The first-order valence-corrected chi connectivity index (χ1v) is 9.93. The number of nitrogens with one attached hydrogen (secondary N) is 2. The van der Waals surface area contributed by atoms with E-state index in [1.807, 2.05) is 32.0 Å². The summed E-state index contributed by atoms with van der Waals surface area (Å²) < 4.78 is 28.5. The lowest BCUT2D eigenvalue weighted by atomic mass is 10.1. The third-order valence-corrected chi connectivity index (χ3v) is 5.38. The Morgan fingerprint density at radius 3 is 2.84 bits per heavy atom. The minimum atomic E-state index is -0.587. The van der Waals surface area contributed by atoms with Gasteiger partial charge in [0, 0.05) is 38.0 Å². The van der Waals surface area contributed by atoms with Crippen LogP contribution in [0.3, 0.4) is 0 Å². The zero-order chi connectivity index (χ0) is 22.1. The van der Waals surface area contributed by atoms with E-state index in [2.05, 4.69) is 25.7 Å². The second kappa shape index (κ2) is 8.29. The SMILES string of the molecule is Cc1nc(NCc2cnn(CCc3ccc(F)cc3F)c2)nc2c1NC(=O)[C@H](C)N2C. The molecule has 0 bridgehead atoms. The fraction of sp³-hybridized carbons (Fsp3) is 0.333. The molecule has 4 rings (SSSR count). The number of benzene rings is 1. The zero-order valence-electron chi connectivity index (χ0n) is 17.5. The van der Waals surface area contributed by atoms with Crippen LogP contribution in [0.15, 0.2) is 30.6 Å². The van der Waals surface area contributed by atoms with Gasteiger partial charge < -0.3 is 15.5 Å². The van der Waals surface area contributed by atoms with E-state index in [0.29, 0.717) is 48.2 Å². The third-order valence-electron chi connectivity index (χ3n) is 5.38. The minimum Gasteiger partial charge on any atom is -0.350 e. The van der Waals surface area contributed by atoms with Gasteiger partial charge in [-0.3, -0.25) is 9.48 Å². The molecular weight excluding hydrogens is 404 g/mol. The van der Waals surface area contributed by atoms with E-state index in [0.717, 1.165) is 11.6 Å². The van der Waals surface area contributed by atoms with Crippen LogP contribution in [0, 0.1) is 18.6 Å². The van der Waals surface area contributed by atoms with Crippen molar-refractivity contribution in [2.75, 3.05) is 22.6 Å². The number of hydrogen-bond acceptors (Lipinski definition) is 6. The molecule has 0 saturated carbocycles. The molecule has 8 nitrogen and oxygen atoms in total. The van der Waals surface area contributed by atoms with Crippen LogP contribution in [0.1, 0.15) is 23.7 Å². The molecule has 0 radical (unpaired) electrons. The van der Waals surface area contributed by atoms with Crippen molar-refractivity contribution in [3.8, 4) is 0 Å². The fourth-order valence-corrected chi connectivity index (χ4v) is 3.39. The topological polar surface area (TPSA) is 88.0 Å². The van der Waals surface area contributed by atoms with Gasteiger partial charge in [0.2, 0.25) is 11.9 Å². The summed E-state index contributed by atoms with van der Waals surface area (Å²) in [4.78, 5) is 22.8. The first kappa shape index (κ1) is 20.7. The molecule has 0 unspecified atom stereocenters. The smallest absolute Gasteiger partial charge is 0.246 e. The number of aryl methyl sites for hydroxylation is 3. The molecule has 1 aromatic carbocycles. The van der Waals surface area contributed by atoms with Crippen LogP contribution in [0.2, 0.25) is 0 Å². The Morgan fingerprint density at radius 2 is 2.06 bits per heavy atom. The van der Waals surface area contributed by atoms with Crippen molar-refractivity contribution in [2.24, 2.45) is 0 Å². The molecule has 162 valence electrons. The van der Waals surface area contributed by atoms with E-state index in [4.69, 9.17) is 0 Å². The van der Waals surface area contributed by atoms with Gasteiger partial charge in [-0.05, 0) is 31.9 Å². The molecule has 1 amide bonds. The third kappa shape index (κ3) is 4.32. The van der Waals surface area contributed by atoms with Gasteiger partial charge in [0.1, 0.15) is 23.4 Å².